The molecule has 0 saturated heterocycles. The van der Waals surface area contributed by atoms with Crippen molar-refractivity contribution in [1.29, 1.82) is 0 Å². The van der Waals surface area contributed by atoms with Crippen molar-refractivity contribution < 1.29 is 5.11 Å². The van der Waals surface area contributed by atoms with E-state index in [9.17, 15) is 5.11 Å². The van der Waals surface area contributed by atoms with Gasteiger partial charge in [-0.3, -0.25) is 4.90 Å². The summed E-state index contributed by atoms with van der Waals surface area (Å²) < 4.78 is 0. The van der Waals surface area contributed by atoms with E-state index in [4.69, 9.17) is 0 Å². The number of benzene rings is 1. The summed E-state index contributed by atoms with van der Waals surface area (Å²) in [5, 5.41) is 9.29. The van der Waals surface area contributed by atoms with Crippen LogP contribution in [-0.4, -0.2) is 28.6 Å². The minimum absolute atomic E-state index is 0.348. The van der Waals surface area contributed by atoms with Gasteiger partial charge in [0.05, 0.1) is 0 Å². The average Bonchev–Trinajstić information content (AvgIpc) is 2.34. The first-order chi connectivity index (χ1) is 8.90. The second-order valence-electron chi connectivity index (χ2n) is 6.24. The van der Waals surface area contributed by atoms with Crippen molar-refractivity contribution >= 4 is 0 Å². The normalized spacial score (nSPS) is 13.5. The van der Waals surface area contributed by atoms with E-state index in [1.807, 2.05) is 12.1 Å². The maximum absolute atomic E-state index is 9.29. The Bertz CT molecular complexity index is 356. The van der Waals surface area contributed by atoms with Crippen molar-refractivity contribution in [2.45, 2.75) is 59.5 Å². The summed E-state index contributed by atoms with van der Waals surface area (Å²) >= 11 is 0. The van der Waals surface area contributed by atoms with E-state index in [1.54, 1.807) is 12.1 Å². The third kappa shape index (κ3) is 5.65. The molecule has 0 bridgehead atoms. The first-order valence-corrected chi connectivity index (χ1v) is 7.43. The van der Waals surface area contributed by atoms with Gasteiger partial charge in [0.2, 0.25) is 0 Å². The van der Waals surface area contributed by atoms with Gasteiger partial charge in [-0.2, -0.15) is 0 Å². The summed E-state index contributed by atoms with van der Waals surface area (Å²) in [5.74, 6) is 1.05. The topological polar surface area (TPSA) is 23.5 Å². The van der Waals surface area contributed by atoms with Gasteiger partial charge < -0.3 is 5.11 Å². The van der Waals surface area contributed by atoms with Crippen LogP contribution in [0.5, 0.6) is 5.75 Å². The number of hydrogen-bond donors (Lipinski definition) is 1. The fourth-order valence-electron chi connectivity index (χ4n) is 2.53. The first-order valence-electron chi connectivity index (χ1n) is 7.43. The van der Waals surface area contributed by atoms with Crippen LogP contribution in [0.4, 0.5) is 0 Å². The molecule has 1 rings (SSSR count). The number of hydrogen-bond acceptors (Lipinski definition) is 2. The monoisotopic (exact) mass is 263 g/mol. The molecule has 0 aliphatic heterocycles. The molecular weight excluding hydrogens is 234 g/mol. The zero-order valence-corrected chi connectivity index (χ0v) is 13.1. The Morgan fingerprint density at radius 3 is 2.05 bits per heavy atom. The lowest BCUT2D eigenvalue weighted by molar-refractivity contribution is 0.138. The third-order valence-corrected chi connectivity index (χ3v) is 3.59. The zero-order chi connectivity index (χ0) is 14.4. The molecule has 0 spiro atoms. The van der Waals surface area contributed by atoms with Crippen LogP contribution in [0.2, 0.25) is 0 Å². The summed E-state index contributed by atoms with van der Waals surface area (Å²) in [6.45, 7) is 12.6. The van der Waals surface area contributed by atoms with E-state index in [1.165, 1.54) is 5.56 Å². The van der Waals surface area contributed by atoms with Crippen molar-refractivity contribution in [1.82, 2.24) is 4.90 Å². The van der Waals surface area contributed by atoms with Gasteiger partial charge in [-0.05, 0) is 57.2 Å². The van der Waals surface area contributed by atoms with Crippen molar-refractivity contribution in [3.63, 3.8) is 0 Å². The molecule has 1 atom stereocenters. The smallest absolute Gasteiger partial charge is 0.115 e. The fraction of sp³-hybridized carbons (Fsp3) is 0.647. The Balaban J connectivity index is 2.52. The van der Waals surface area contributed by atoms with Gasteiger partial charge in [0.15, 0.2) is 0 Å². The predicted octanol–water partition coefficient (Wildman–Crippen LogP) is 4.08. The molecule has 1 unspecified atom stereocenters. The molecule has 108 valence electrons. The molecule has 0 heterocycles. The molecule has 19 heavy (non-hydrogen) atoms. The number of phenolic OH excluding ortho intramolecular Hbond substituents is 1. The zero-order valence-electron chi connectivity index (χ0n) is 13.1. The van der Waals surface area contributed by atoms with Crippen LogP contribution in [0, 0.1) is 5.92 Å². The fourth-order valence-corrected chi connectivity index (χ4v) is 2.53. The van der Waals surface area contributed by atoms with Crippen molar-refractivity contribution in [2.24, 2.45) is 5.92 Å². The van der Waals surface area contributed by atoms with Gasteiger partial charge in [-0.15, -0.1) is 0 Å². The largest absolute Gasteiger partial charge is 0.508 e. The van der Waals surface area contributed by atoms with E-state index in [2.05, 4.69) is 39.5 Å². The number of aromatic hydroxyl groups is 1. The molecule has 0 aromatic heterocycles. The van der Waals surface area contributed by atoms with E-state index in [0.29, 0.717) is 23.8 Å². The second-order valence-corrected chi connectivity index (χ2v) is 6.24. The molecular formula is C17H29NO. The summed E-state index contributed by atoms with van der Waals surface area (Å²) in [4.78, 5) is 2.59. The Labute approximate surface area is 118 Å². The van der Waals surface area contributed by atoms with Crippen LogP contribution in [0.1, 0.15) is 46.6 Å². The van der Waals surface area contributed by atoms with Crippen LogP contribution in [0.15, 0.2) is 24.3 Å². The lowest BCUT2D eigenvalue weighted by Crippen LogP contribution is -2.41. The molecule has 0 aliphatic carbocycles. The number of nitrogens with zero attached hydrogens (tertiary/aromatic N) is 1. The lowest BCUT2D eigenvalue weighted by atomic mass is 10.0. The van der Waals surface area contributed by atoms with E-state index in [0.717, 1.165) is 19.4 Å². The Hall–Kier alpha value is -1.02. The van der Waals surface area contributed by atoms with Crippen molar-refractivity contribution in [3.8, 4) is 5.75 Å². The summed E-state index contributed by atoms with van der Waals surface area (Å²) in [6.07, 6.45) is 2.23. The highest BCUT2D eigenvalue weighted by Crippen LogP contribution is 2.16. The SMILES string of the molecule is CC(C)CN(C(C)C)C(C)CCc1ccc(O)cc1. The minimum atomic E-state index is 0.348. The Kier molecular flexibility index (Phi) is 6.36. The van der Waals surface area contributed by atoms with Crippen molar-refractivity contribution in [3.05, 3.63) is 29.8 Å². The molecule has 0 saturated carbocycles. The van der Waals surface area contributed by atoms with Crippen LogP contribution in [0.25, 0.3) is 0 Å². The lowest BCUT2D eigenvalue weighted by Gasteiger charge is -2.34. The number of aryl methyl sites for hydroxylation is 1. The molecule has 1 N–H and O–H groups in total. The van der Waals surface area contributed by atoms with Gasteiger partial charge in [0.25, 0.3) is 0 Å². The third-order valence-electron chi connectivity index (χ3n) is 3.59. The van der Waals surface area contributed by atoms with Gasteiger partial charge in [-0.1, -0.05) is 26.0 Å². The maximum Gasteiger partial charge on any atom is 0.115 e. The first kappa shape index (κ1) is 16.0. The molecule has 0 fully saturated rings. The predicted molar refractivity (Wildman–Crippen MR) is 82.6 cm³/mol. The van der Waals surface area contributed by atoms with E-state index >= 15 is 0 Å². The maximum atomic E-state index is 9.29. The molecule has 0 radical (unpaired) electrons. The highest BCUT2D eigenvalue weighted by atomic mass is 16.3. The summed E-state index contributed by atoms with van der Waals surface area (Å²) in [6, 6.07) is 8.77. The standard InChI is InChI=1S/C17H29NO/c1-13(2)12-18(14(3)4)15(5)6-7-16-8-10-17(19)11-9-16/h8-11,13-15,19H,6-7,12H2,1-5H3. The quantitative estimate of drug-likeness (QED) is 0.801. The molecule has 2 nitrogen and oxygen atoms in total. The number of rotatable bonds is 7. The molecule has 1 aromatic rings. The Morgan fingerprint density at radius 1 is 1.00 bits per heavy atom. The summed E-state index contributed by atoms with van der Waals surface area (Å²) in [7, 11) is 0. The van der Waals surface area contributed by atoms with E-state index < -0.39 is 0 Å². The Morgan fingerprint density at radius 2 is 1.58 bits per heavy atom. The molecule has 0 aliphatic rings. The highest BCUT2D eigenvalue weighted by molar-refractivity contribution is 5.25. The molecule has 0 amide bonds. The molecule has 1 aromatic carbocycles. The van der Waals surface area contributed by atoms with Gasteiger partial charge in [-0.25, -0.2) is 0 Å². The highest BCUT2D eigenvalue weighted by Gasteiger charge is 2.17. The molecule has 2 heteroatoms. The number of phenols is 1. The van der Waals surface area contributed by atoms with Crippen LogP contribution in [0.3, 0.4) is 0 Å². The minimum Gasteiger partial charge on any atom is -0.508 e. The van der Waals surface area contributed by atoms with Crippen LogP contribution >= 0.6 is 0 Å². The average molecular weight is 263 g/mol. The second kappa shape index (κ2) is 7.54. The van der Waals surface area contributed by atoms with Gasteiger partial charge >= 0.3 is 0 Å². The van der Waals surface area contributed by atoms with Crippen molar-refractivity contribution in [2.75, 3.05) is 6.54 Å². The van der Waals surface area contributed by atoms with E-state index in [-0.39, 0.29) is 0 Å². The van der Waals surface area contributed by atoms with Gasteiger partial charge in [0, 0.05) is 18.6 Å². The van der Waals surface area contributed by atoms with Crippen LogP contribution in [-0.2, 0) is 6.42 Å². The van der Waals surface area contributed by atoms with Gasteiger partial charge in [0.1, 0.15) is 5.75 Å². The summed E-state index contributed by atoms with van der Waals surface area (Å²) in [5.41, 5.74) is 1.30. The van der Waals surface area contributed by atoms with Crippen LogP contribution < -0.4 is 0 Å².